The van der Waals surface area contributed by atoms with Gasteiger partial charge < -0.3 is 19.8 Å². The third-order valence-electron chi connectivity index (χ3n) is 3.79. The zero-order valence-corrected chi connectivity index (χ0v) is 15.9. The molecular weight excluding hydrogens is 372 g/mol. The predicted molar refractivity (Wildman–Crippen MR) is 97.9 cm³/mol. The number of rotatable bonds is 9. The van der Waals surface area contributed by atoms with Gasteiger partial charge in [0.1, 0.15) is 11.8 Å². The molecule has 0 aliphatic carbocycles. The van der Waals surface area contributed by atoms with E-state index in [4.69, 9.17) is 9.15 Å². The summed E-state index contributed by atoms with van der Waals surface area (Å²) < 4.78 is 34.0. The van der Waals surface area contributed by atoms with Gasteiger partial charge in [-0.2, -0.15) is 0 Å². The lowest BCUT2D eigenvalue weighted by molar-refractivity contribution is -0.122. The van der Waals surface area contributed by atoms with Crippen molar-refractivity contribution in [1.29, 1.82) is 0 Å². The van der Waals surface area contributed by atoms with Gasteiger partial charge in [-0.15, -0.1) is 0 Å². The number of carbonyl (C=O) groups excluding carboxylic acids is 2. The van der Waals surface area contributed by atoms with Gasteiger partial charge in [-0.25, -0.2) is 8.42 Å². The Kier molecular flexibility index (Phi) is 7.14. The molecule has 0 saturated heterocycles. The molecule has 2 N–H and O–H groups in total. The predicted octanol–water partition coefficient (Wildman–Crippen LogP) is 1.13. The Bertz CT molecular complexity index is 860. The molecule has 1 heterocycles. The molecule has 0 fully saturated rings. The van der Waals surface area contributed by atoms with E-state index >= 15 is 0 Å². The summed E-state index contributed by atoms with van der Waals surface area (Å²) in [6.07, 6.45) is 1.51. The summed E-state index contributed by atoms with van der Waals surface area (Å²) in [5, 5.41) is 5.22. The third kappa shape index (κ3) is 5.93. The molecule has 2 aromatic rings. The zero-order valence-electron chi connectivity index (χ0n) is 15.1. The van der Waals surface area contributed by atoms with E-state index in [9.17, 15) is 18.0 Å². The number of carbonyl (C=O) groups is 2. The molecular formula is C18H22N2O6S. The maximum absolute atomic E-state index is 12.2. The molecule has 1 aromatic carbocycles. The Balaban J connectivity index is 1.92. The van der Waals surface area contributed by atoms with E-state index in [1.807, 2.05) is 0 Å². The van der Waals surface area contributed by atoms with E-state index in [0.717, 1.165) is 0 Å². The molecule has 1 aromatic heterocycles. The van der Waals surface area contributed by atoms with Crippen molar-refractivity contribution >= 4 is 21.7 Å². The quantitative estimate of drug-likeness (QED) is 0.659. The van der Waals surface area contributed by atoms with E-state index in [0.29, 0.717) is 5.76 Å². The van der Waals surface area contributed by atoms with Crippen LogP contribution in [-0.4, -0.2) is 45.7 Å². The molecule has 8 nitrogen and oxygen atoms in total. The standard InChI is InChI=1S/C18H22N2O6S/c1-13(17(21)19-12-15-4-3-9-26-15)20-18(22)14-5-7-16(8-6-14)27(23,24)11-10-25-2/h3-9,13H,10-12H2,1-2H3,(H,19,21)(H,20,22). The highest BCUT2D eigenvalue weighted by Gasteiger charge is 2.18. The maximum atomic E-state index is 12.2. The van der Waals surface area contributed by atoms with Gasteiger partial charge in [-0.05, 0) is 43.3 Å². The van der Waals surface area contributed by atoms with Crippen molar-refractivity contribution in [1.82, 2.24) is 10.6 Å². The molecule has 0 bridgehead atoms. The number of methoxy groups -OCH3 is 1. The highest BCUT2D eigenvalue weighted by Crippen LogP contribution is 2.13. The number of hydrogen-bond donors (Lipinski definition) is 2. The number of benzene rings is 1. The minimum absolute atomic E-state index is 0.0925. The molecule has 0 radical (unpaired) electrons. The first-order valence-corrected chi connectivity index (χ1v) is 9.91. The van der Waals surface area contributed by atoms with Crippen molar-refractivity contribution in [2.24, 2.45) is 0 Å². The highest BCUT2D eigenvalue weighted by atomic mass is 32.2. The van der Waals surface area contributed by atoms with E-state index in [-0.39, 0.29) is 35.3 Å². The average molecular weight is 394 g/mol. The molecule has 2 rings (SSSR count). The maximum Gasteiger partial charge on any atom is 0.251 e. The van der Waals surface area contributed by atoms with Gasteiger partial charge in [-0.1, -0.05) is 0 Å². The van der Waals surface area contributed by atoms with Crippen LogP contribution in [0.15, 0.2) is 52.0 Å². The lowest BCUT2D eigenvalue weighted by Gasteiger charge is -2.14. The van der Waals surface area contributed by atoms with Gasteiger partial charge in [-0.3, -0.25) is 9.59 Å². The van der Waals surface area contributed by atoms with E-state index in [1.165, 1.54) is 37.6 Å². The smallest absolute Gasteiger partial charge is 0.251 e. The van der Waals surface area contributed by atoms with Gasteiger partial charge in [0.2, 0.25) is 5.91 Å². The second-order valence-electron chi connectivity index (χ2n) is 5.83. The summed E-state index contributed by atoms with van der Waals surface area (Å²) in [5.74, 6) is -0.371. The molecule has 0 aliphatic heterocycles. The SMILES string of the molecule is COCCS(=O)(=O)c1ccc(C(=O)NC(C)C(=O)NCc2ccco2)cc1. The molecule has 0 spiro atoms. The van der Waals surface area contributed by atoms with Crippen LogP contribution in [-0.2, 0) is 25.9 Å². The van der Waals surface area contributed by atoms with E-state index in [2.05, 4.69) is 10.6 Å². The van der Waals surface area contributed by atoms with Gasteiger partial charge in [0.05, 0.1) is 30.1 Å². The molecule has 0 aliphatic rings. The molecule has 1 unspecified atom stereocenters. The molecule has 1 atom stereocenters. The summed E-state index contributed by atoms with van der Waals surface area (Å²) in [7, 11) is -2.03. The summed E-state index contributed by atoms with van der Waals surface area (Å²) in [6, 6.07) is 8.21. The minimum Gasteiger partial charge on any atom is -0.467 e. The first-order chi connectivity index (χ1) is 12.8. The van der Waals surface area contributed by atoms with Crippen LogP contribution in [0.3, 0.4) is 0 Å². The average Bonchev–Trinajstić information content (AvgIpc) is 3.18. The number of amides is 2. The number of nitrogens with one attached hydrogen (secondary N) is 2. The largest absolute Gasteiger partial charge is 0.467 e. The van der Waals surface area contributed by atoms with Crippen LogP contribution in [0.4, 0.5) is 0 Å². The van der Waals surface area contributed by atoms with Crippen LogP contribution in [0, 0.1) is 0 Å². The van der Waals surface area contributed by atoms with Crippen molar-refractivity contribution in [3.05, 3.63) is 54.0 Å². The lowest BCUT2D eigenvalue weighted by Crippen LogP contribution is -2.44. The number of ether oxygens (including phenoxy) is 1. The summed E-state index contributed by atoms with van der Waals surface area (Å²) in [6.45, 7) is 1.87. The second kappa shape index (κ2) is 9.33. The van der Waals surface area contributed by atoms with Gasteiger partial charge in [0, 0.05) is 12.7 Å². The first-order valence-electron chi connectivity index (χ1n) is 8.26. The van der Waals surface area contributed by atoms with Gasteiger partial charge >= 0.3 is 0 Å². The van der Waals surface area contributed by atoms with Gasteiger partial charge in [0.15, 0.2) is 9.84 Å². The Morgan fingerprint density at radius 2 is 1.89 bits per heavy atom. The van der Waals surface area contributed by atoms with Crippen LogP contribution >= 0.6 is 0 Å². The molecule has 9 heteroatoms. The number of furan rings is 1. The fraction of sp³-hybridized carbons (Fsp3) is 0.333. The van der Waals surface area contributed by atoms with Crippen LogP contribution in [0.25, 0.3) is 0 Å². The van der Waals surface area contributed by atoms with Crippen LogP contribution < -0.4 is 10.6 Å². The summed E-state index contributed by atoms with van der Waals surface area (Å²) >= 11 is 0. The second-order valence-corrected chi connectivity index (χ2v) is 7.94. The fourth-order valence-corrected chi connectivity index (χ4v) is 3.38. The molecule has 27 heavy (non-hydrogen) atoms. The highest BCUT2D eigenvalue weighted by molar-refractivity contribution is 7.91. The van der Waals surface area contributed by atoms with Crippen molar-refractivity contribution in [3.63, 3.8) is 0 Å². The first kappa shape index (κ1) is 20.7. The van der Waals surface area contributed by atoms with Crippen molar-refractivity contribution in [2.45, 2.75) is 24.4 Å². The van der Waals surface area contributed by atoms with Crippen LogP contribution in [0.2, 0.25) is 0 Å². The molecule has 0 saturated carbocycles. The summed E-state index contributed by atoms with van der Waals surface area (Å²) in [4.78, 5) is 24.4. The normalized spacial score (nSPS) is 12.4. The Labute approximate surface area is 157 Å². The van der Waals surface area contributed by atoms with Crippen molar-refractivity contribution in [3.8, 4) is 0 Å². The van der Waals surface area contributed by atoms with Gasteiger partial charge in [0.25, 0.3) is 5.91 Å². The van der Waals surface area contributed by atoms with Crippen LogP contribution in [0.5, 0.6) is 0 Å². The third-order valence-corrected chi connectivity index (χ3v) is 5.48. The fourth-order valence-electron chi connectivity index (χ4n) is 2.21. The Hall–Kier alpha value is -2.65. The topological polar surface area (TPSA) is 115 Å². The van der Waals surface area contributed by atoms with Crippen LogP contribution in [0.1, 0.15) is 23.0 Å². The number of sulfone groups is 1. The zero-order chi connectivity index (χ0) is 19.9. The van der Waals surface area contributed by atoms with Crippen molar-refractivity contribution in [2.75, 3.05) is 19.5 Å². The lowest BCUT2D eigenvalue weighted by atomic mass is 10.2. The van der Waals surface area contributed by atoms with Crippen molar-refractivity contribution < 1.29 is 27.2 Å². The summed E-state index contributed by atoms with van der Waals surface area (Å²) in [5.41, 5.74) is 0.256. The van der Waals surface area contributed by atoms with E-state index in [1.54, 1.807) is 19.1 Å². The minimum atomic E-state index is -3.46. The Morgan fingerprint density at radius 1 is 1.19 bits per heavy atom. The monoisotopic (exact) mass is 394 g/mol. The Morgan fingerprint density at radius 3 is 2.48 bits per heavy atom. The molecule has 2 amide bonds. The molecule has 146 valence electrons. The van der Waals surface area contributed by atoms with E-state index < -0.39 is 21.8 Å². The number of hydrogen-bond acceptors (Lipinski definition) is 6.